The maximum absolute atomic E-state index is 12.3. The van der Waals surface area contributed by atoms with Gasteiger partial charge in [0.1, 0.15) is 0 Å². The van der Waals surface area contributed by atoms with Gasteiger partial charge in [-0.05, 0) is 37.4 Å². The molecule has 0 spiro atoms. The predicted molar refractivity (Wildman–Crippen MR) is 108 cm³/mol. The summed E-state index contributed by atoms with van der Waals surface area (Å²) in [5.41, 5.74) is 1.06. The molecule has 0 radical (unpaired) electrons. The van der Waals surface area contributed by atoms with Gasteiger partial charge in [0.25, 0.3) is 0 Å². The summed E-state index contributed by atoms with van der Waals surface area (Å²) in [5.74, 6) is 0.392. The van der Waals surface area contributed by atoms with Crippen molar-refractivity contribution < 1.29 is 9.59 Å². The molecule has 144 valence electrons. The fourth-order valence-electron chi connectivity index (χ4n) is 3.21. The molecule has 0 bridgehead atoms. The normalized spacial score (nSPS) is 14.7. The average Bonchev–Trinajstić information content (AvgIpc) is 3.15. The van der Waals surface area contributed by atoms with Gasteiger partial charge in [-0.25, -0.2) is 4.98 Å². The van der Waals surface area contributed by atoms with Gasteiger partial charge >= 0.3 is 0 Å². The summed E-state index contributed by atoms with van der Waals surface area (Å²) in [6, 6.07) is 9.80. The zero-order chi connectivity index (χ0) is 19.1. The molecule has 2 heterocycles. The molecule has 2 amide bonds. The van der Waals surface area contributed by atoms with Crippen molar-refractivity contribution in [1.82, 2.24) is 15.2 Å². The van der Waals surface area contributed by atoms with Crippen molar-refractivity contribution in [2.75, 3.05) is 25.0 Å². The fraction of sp³-hybridized carbons (Fsp3) is 0.450. The van der Waals surface area contributed by atoms with Crippen LogP contribution in [0.2, 0.25) is 0 Å². The van der Waals surface area contributed by atoms with Crippen molar-refractivity contribution in [2.45, 2.75) is 38.6 Å². The van der Waals surface area contributed by atoms with Crippen LogP contribution in [0.15, 0.2) is 36.5 Å². The second-order valence-corrected chi connectivity index (χ2v) is 7.88. The standard InChI is InChI=1S/C20H26N4O2S/c1-15(25)24(14-16-5-3-2-4-6-16)12-9-19(26)23-20-22-13-18(27-20)17-7-10-21-11-8-17/h2-6,13,17,21H,7-12,14H2,1H3,(H,22,23,26). The van der Waals surface area contributed by atoms with E-state index in [0.29, 0.717) is 24.1 Å². The Morgan fingerprint density at radius 3 is 2.70 bits per heavy atom. The van der Waals surface area contributed by atoms with E-state index < -0.39 is 0 Å². The van der Waals surface area contributed by atoms with E-state index in [0.717, 1.165) is 31.5 Å². The van der Waals surface area contributed by atoms with Crippen molar-refractivity contribution in [2.24, 2.45) is 0 Å². The van der Waals surface area contributed by atoms with Gasteiger partial charge in [0, 0.05) is 37.5 Å². The molecule has 27 heavy (non-hydrogen) atoms. The van der Waals surface area contributed by atoms with Crippen LogP contribution in [0.4, 0.5) is 5.13 Å². The van der Waals surface area contributed by atoms with Gasteiger partial charge in [-0.15, -0.1) is 11.3 Å². The summed E-state index contributed by atoms with van der Waals surface area (Å²) < 4.78 is 0. The lowest BCUT2D eigenvalue weighted by molar-refractivity contribution is -0.129. The molecule has 0 aliphatic carbocycles. The third kappa shape index (κ3) is 5.87. The van der Waals surface area contributed by atoms with Gasteiger partial charge in [0.05, 0.1) is 0 Å². The van der Waals surface area contributed by atoms with Crippen molar-refractivity contribution >= 4 is 28.3 Å². The average molecular weight is 387 g/mol. The van der Waals surface area contributed by atoms with Crippen LogP contribution in [0.25, 0.3) is 0 Å². The molecule has 2 N–H and O–H groups in total. The number of nitrogens with one attached hydrogen (secondary N) is 2. The Bertz CT molecular complexity index is 756. The highest BCUT2D eigenvalue weighted by molar-refractivity contribution is 7.15. The van der Waals surface area contributed by atoms with E-state index in [1.165, 1.54) is 11.8 Å². The number of carbonyl (C=O) groups excluding carboxylic acids is 2. The molecular formula is C20H26N4O2S. The number of thiazole rings is 1. The minimum Gasteiger partial charge on any atom is -0.338 e. The SMILES string of the molecule is CC(=O)N(CCC(=O)Nc1ncc(C2CCNCC2)s1)Cc1ccccc1. The van der Waals surface area contributed by atoms with E-state index in [1.54, 1.807) is 16.2 Å². The Morgan fingerprint density at radius 1 is 1.26 bits per heavy atom. The van der Waals surface area contributed by atoms with Crippen molar-refractivity contribution in [1.29, 1.82) is 0 Å². The molecule has 0 unspecified atom stereocenters. The fourth-order valence-corrected chi connectivity index (χ4v) is 4.21. The summed E-state index contributed by atoms with van der Waals surface area (Å²) in [4.78, 5) is 31.4. The lowest BCUT2D eigenvalue weighted by Gasteiger charge is -2.21. The quantitative estimate of drug-likeness (QED) is 0.767. The van der Waals surface area contributed by atoms with Crippen LogP contribution in [0.5, 0.6) is 0 Å². The molecule has 1 aromatic carbocycles. The smallest absolute Gasteiger partial charge is 0.227 e. The third-order valence-corrected chi connectivity index (χ3v) is 5.86. The minimum atomic E-state index is -0.111. The van der Waals surface area contributed by atoms with E-state index in [1.807, 2.05) is 36.5 Å². The molecular weight excluding hydrogens is 360 g/mol. The van der Waals surface area contributed by atoms with Gasteiger partial charge in [0.2, 0.25) is 11.8 Å². The van der Waals surface area contributed by atoms with Crippen molar-refractivity contribution in [3.8, 4) is 0 Å². The largest absolute Gasteiger partial charge is 0.338 e. The number of benzene rings is 1. The summed E-state index contributed by atoms with van der Waals surface area (Å²) >= 11 is 1.56. The molecule has 2 aromatic rings. The van der Waals surface area contributed by atoms with E-state index in [-0.39, 0.29) is 18.2 Å². The highest BCUT2D eigenvalue weighted by Gasteiger charge is 2.18. The molecule has 1 saturated heterocycles. The summed E-state index contributed by atoms with van der Waals surface area (Å²) in [7, 11) is 0. The number of hydrogen-bond acceptors (Lipinski definition) is 5. The van der Waals surface area contributed by atoms with Crippen LogP contribution < -0.4 is 10.6 Å². The molecule has 0 atom stereocenters. The highest BCUT2D eigenvalue weighted by atomic mass is 32.1. The van der Waals surface area contributed by atoms with Gasteiger partial charge in [0.15, 0.2) is 5.13 Å². The topological polar surface area (TPSA) is 74.3 Å². The molecule has 1 aromatic heterocycles. The Balaban J connectivity index is 1.49. The van der Waals surface area contributed by atoms with Crippen LogP contribution in [0, 0.1) is 0 Å². The molecule has 7 heteroatoms. The first-order valence-corrected chi connectivity index (χ1v) is 10.2. The maximum Gasteiger partial charge on any atom is 0.227 e. The van der Waals surface area contributed by atoms with E-state index in [4.69, 9.17) is 0 Å². The van der Waals surface area contributed by atoms with Crippen LogP contribution in [0.3, 0.4) is 0 Å². The second-order valence-electron chi connectivity index (χ2n) is 6.82. The lowest BCUT2D eigenvalue weighted by atomic mass is 9.97. The highest BCUT2D eigenvalue weighted by Crippen LogP contribution is 2.31. The van der Waals surface area contributed by atoms with Crippen LogP contribution in [-0.2, 0) is 16.1 Å². The van der Waals surface area contributed by atoms with Crippen molar-refractivity contribution in [3.05, 3.63) is 47.0 Å². The first kappa shape index (κ1) is 19.5. The molecule has 1 fully saturated rings. The van der Waals surface area contributed by atoms with Crippen LogP contribution in [0.1, 0.15) is 42.5 Å². The number of amides is 2. The Labute approximate surface area is 164 Å². The molecule has 0 saturated carbocycles. The number of anilines is 1. The number of aromatic nitrogens is 1. The molecule has 1 aliphatic rings. The number of hydrogen-bond donors (Lipinski definition) is 2. The lowest BCUT2D eigenvalue weighted by Crippen LogP contribution is -2.31. The number of carbonyl (C=O) groups is 2. The van der Waals surface area contributed by atoms with E-state index in [2.05, 4.69) is 15.6 Å². The van der Waals surface area contributed by atoms with Crippen LogP contribution >= 0.6 is 11.3 Å². The molecule has 3 rings (SSSR count). The van der Waals surface area contributed by atoms with Crippen molar-refractivity contribution in [3.63, 3.8) is 0 Å². The third-order valence-electron chi connectivity index (χ3n) is 4.78. The monoisotopic (exact) mass is 386 g/mol. The first-order chi connectivity index (χ1) is 13.1. The predicted octanol–water partition coefficient (Wildman–Crippen LogP) is 2.99. The van der Waals surface area contributed by atoms with Gasteiger partial charge in [-0.1, -0.05) is 30.3 Å². The molecule has 6 nitrogen and oxygen atoms in total. The zero-order valence-corrected chi connectivity index (χ0v) is 16.4. The number of piperidine rings is 1. The van der Waals surface area contributed by atoms with Gasteiger partial charge < -0.3 is 15.5 Å². The second kappa shape index (κ2) is 9.62. The maximum atomic E-state index is 12.3. The zero-order valence-electron chi connectivity index (χ0n) is 15.6. The van der Waals surface area contributed by atoms with Crippen LogP contribution in [-0.4, -0.2) is 41.3 Å². The van der Waals surface area contributed by atoms with E-state index >= 15 is 0 Å². The Hall–Kier alpha value is -2.25. The minimum absolute atomic E-state index is 0.0332. The van der Waals surface area contributed by atoms with Gasteiger partial charge in [-0.3, -0.25) is 9.59 Å². The first-order valence-electron chi connectivity index (χ1n) is 9.37. The Kier molecular flexibility index (Phi) is 6.95. The number of nitrogens with zero attached hydrogens (tertiary/aromatic N) is 2. The summed E-state index contributed by atoms with van der Waals surface area (Å²) in [5, 5.41) is 6.88. The summed E-state index contributed by atoms with van der Waals surface area (Å²) in [6.45, 7) is 4.51. The summed E-state index contributed by atoms with van der Waals surface area (Å²) in [6.07, 6.45) is 4.37. The Morgan fingerprint density at radius 2 is 2.00 bits per heavy atom. The van der Waals surface area contributed by atoms with Gasteiger partial charge in [-0.2, -0.15) is 0 Å². The van der Waals surface area contributed by atoms with E-state index in [9.17, 15) is 9.59 Å². The molecule has 1 aliphatic heterocycles. The number of rotatable bonds is 7.